The Kier molecular flexibility index (Phi) is 5.22. The van der Waals surface area contributed by atoms with Crippen LogP contribution in [-0.2, 0) is 16.6 Å². The van der Waals surface area contributed by atoms with Gasteiger partial charge in [0.1, 0.15) is 0 Å². The van der Waals surface area contributed by atoms with Crippen molar-refractivity contribution in [3.05, 3.63) is 48.2 Å². The SMILES string of the molecule is CNCc1ccc(S(=O)(=O)Nc2ccccc2SC)nc1. The van der Waals surface area contributed by atoms with E-state index in [1.807, 2.05) is 25.4 Å². The second-order valence-corrected chi connectivity index (χ2v) is 6.82. The zero-order valence-electron chi connectivity index (χ0n) is 11.8. The monoisotopic (exact) mass is 323 g/mol. The van der Waals surface area contributed by atoms with Gasteiger partial charge in [-0.1, -0.05) is 18.2 Å². The summed E-state index contributed by atoms with van der Waals surface area (Å²) in [5.74, 6) is 0. The minimum absolute atomic E-state index is 0.0123. The number of sulfonamides is 1. The van der Waals surface area contributed by atoms with Gasteiger partial charge in [-0.25, -0.2) is 4.98 Å². The third-order valence-corrected chi connectivity index (χ3v) is 4.88. The van der Waals surface area contributed by atoms with E-state index in [1.165, 1.54) is 17.8 Å². The molecule has 0 fully saturated rings. The molecule has 0 saturated heterocycles. The predicted octanol–water partition coefficient (Wildman–Crippen LogP) is 2.32. The van der Waals surface area contributed by atoms with Crippen LogP contribution in [0.3, 0.4) is 0 Å². The van der Waals surface area contributed by atoms with E-state index in [0.717, 1.165) is 10.5 Å². The molecule has 1 aromatic heterocycles. The van der Waals surface area contributed by atoms with Crippen LogP contribution in [0, 0.1) is 0 Å². The summed E-state index contributed by atoms with van der Waals surface area (Å²) in [7, 11) is -1.85. The number of nitrogens with zero attached hydrogens (tertiary/aromatic N) is 1. The Balaban J connectivity index is 2.25. The van der Waals surface area contributed by atoms with Crippen LogP contribution >= 0.6 is 11.8 Å². The van der Waals surface area contributed by atoms with Gasteiger partial charge in [0.15, 0.2) is 5.03 Å². The average molecular weight is 323 g/mol. The van der Waals surface area contributed by atoms with Gasteiger partial charge in [-0.05, 0) is 37.1 Å². The molecule has 0 amide bonds. The molecule has 21 heavy (non-hydrogen) atoms. The topological polar surface area (TPSA) is 71.1 Å². The van der Waals surface area contributed by atoms with Crippen molar-refractivity contribution in [1.82, 2.24) is 10.3 Å². The van der Waals surface area contributed by atoms with Crippen molar-refractivity contribution in [2.75, 3.05) is 18.0 Å². The maximum Gasteiger partial charge on any atom is 0.279 e. The van der Waals surface area contributed by atoms with Crippen molar-refractivity contribution in [2.45, 2.75) is 16.5 Å². The first-order valence-electron chi connectivity index (χ1n) is 6.32. The van der Waals surface area contributed by atoms with E-state index in [1.54, 1.807) is 24.4 Å². The summed E-state index contributed by atoms with van der Waals surface area (Å²) < 4.78 is 27.3. The Morgan fingerprint density at radius 2 is 1.95 bits per heavy atom. The Morgan fingerprint density at radius 1 is 1.19 bits per heavy atom. The second kappa shape index (κ2) is 6.93. The summed E-state index contributed by atoms with van der Waals surface area (Å²) in [6.07, 6.45) is 3.46. The van der Waals surface area contributed by atoms with Crippen LogP contribution in [0.2, 0.25) is 0 Å². The van der Waals surface area contributed by atoms with E-state index >= 15 is 0 Å². The van der Waals surface area contributed by atoms with Crippen LogP contribution in [0.4, 0.5) is 5.69 Å². The summed E-state index contributed by atoms with van der Waals surface area (Å²) >= 11 is 1.48. The first kappa shape index (κ1) is 15.8. The molecule has 0 radical (unpaired) electrons. The van der Waals surface area contributed by atoms with E-state index in [-0.39, 0.29) is 5.03 Å². The number of nitrogens with one attached hydrogen (secondary N) is 2. The van der Waals surface area contributed by atoms with Crippen molar-refractivity contribution >= 4 is 27.5 Å². The van der Waals surface area contributed by atoms with Crippen LogP contribution in [0.25, 0.3) is 0 Å². The van der Waals surface area contributed by atoms with Gasteiger partial charge >= 0.3 is 0 Å². The van der Waals surface area contributed by atoms with Gasteiger partial charge in [0.2, 0.25) is 0 Å². The molecule has 1 aromatic carbocycles. The van der Waals surface area contributed by atoms with E-state index in [0.29, 0.717) is 12.2 Å². The highest BCUT2D eigenvalue weighted by Gasteiger charge is 2.17. The lowest BCUT2D eigenvalue weighted by Crippen LogP contribution is -2.15. The van der Waals surface area contributed by atoms with E-state index in [9.17, 15) is 8.42 Å². The lowest BCUT2D eigenvalue weighted by Gasteiger charge is -2.11. The lowest BCUT2D eigenvalue weighted by molar-refractivity contribution is 0.597. The number of rotatable bonds is 6. The third-order valence-electron chi connectivity index (χ3n) is 2.81. The zero-order valence-corrected chi connectivity index (χ0v) is 13.5. The molecule has 2 rings (SSSR count). The van der Waals surface area contributed by atoms with E-state index in [4.69, 9.17) is 0 Å². The molecule has 0 spiro atoms. The fraction of sp³-hybridized carbons (Fsp3) is 0.214. The van der Waals surface area contributed by atoms with Crippen LogP contribution in [-0.4, -0.2) is 26.7 Å². The standard InChI is InChI=1S/C14H17N3O2S2/c1-15-9-11-7-8-14(16-10-11)21(18,19)17-12-5-3-4-6-13(12)20-2/h3-8,10,15,17H,9H2,1-2H3. The molecule has 0 saturated carbocycles. The van der Waals surface area contributed by atoms with Crippen LogP contribution in [0.15, 0.2) is 52.5 Å². The Hall–Kier alpha value is -1.57. The lowest BCUT2D eigenvalue weighted by atomic mass is 10.3. The van der Waals surface area contributed by atoms with Crippen molar-refractivity contribution in [1.29, 1.82) is 0 Å². The number of aromatic nitrogens is 1. The largest absolute Gasteiger partial charge is 0.316 e. The minimum atomic E-state index is -3.67. The molecular formula is C14H17N3O2S2. The molecule has 2 N–H and O–H groups in total. The van der Waals surface area contributed by atoms with Gasteiger partial charge in [-0.15, -0.1) is 11.8 Å². The highest BCUT2D eigenvalue weighted by molar-refractivity contribution is 7.99. The molecule has 5 nitrogen and oxygen atoms in total. The maximum absolute atomic E-state index is 12.3. The average Bonchev–Trinajstić information content (AvgIpc) is 2.48. The van der Waals surface area contributed by atoms with Gasteiger partial charge < -0.3 is 5.32 Å². The molecule has 0 unspecified atom stereocenters. The van der Waals surface area contributed by atoms with Crippen molar-refractivity contribution < 1.29 is 8.42 Å². The zero-order chi connectivity index (χ0) is 15.3. The third kappa shape index (κ3) is 3.96. The van der Waals surface area contributed by atoms with Crippen molar-refractivity contribution in [3.63, 3.8) is 0 Å². The van der Waals surface area contributed by atoms with Crippen molar-refractivity contribution in [3.8, 4) is 0 Å². The summed E-state index contributed by atoms with van der Waals surface area (Å²) in [4.78, 5) is 4.89. The number of benzene rings is 1. The first-order valence-corrected chi connectivity index (χ1v) is 9.03. The number of hydrogen-bond donors (Lipinski definition) is 2. The first-order chi connectivity index (χ1) is 10.1. The Morgan fingerprint density at radius 3 is 2.57 bits per heavy atom. The number of pyridine rings is 1. The predicted molar refractivity (Wildman–Crippen MR) is 86.0 cm³/mol. The van der Waals surface area contributed by atoms with Crippen LogP contribution in [0.1, 0.15) is 5.56 Å². The molecule has 0 bridgehead atoms. The summed E-state index contributed by atoms with van der Waals surface area (Å²) in [5.41, 5.74) is 1.49. The highest BCUT2D eigenvalue weighted by Crippen LogP contribution is 2.26. The highest BCUT2D eigenvalue weighted by atomic mass is 32.2. The van der Waals surface area contributed by atoms with Gasteiger partial charge in [0, 0.05) is 17.6 Å². The molecule has 0 aliphatic carbocycles. The molecular weight excluding hydrogens is 306 g/mol. The summed E-state index contributed by atoms with van der Waals surface area (Å²) in [5, 5.41) is 3.00. The maximum atomic E-state index is 12.3. The number of para-hydroxylation sites is 1. The molecule has 2 aromatic rings. The number of anilines is 1. The fourth-order valence-corrected chi connectivity index (χ4v) is 3.43. The van der Waals surface area contributed by atoms with Gasteiger partial charge in [0.05, 0.1) is 5.69 Å². The van der Waals surface area contributed by atoms with Crippen LogP contribution in [0.5, 0.6) is 0 Å². The molecule has 1 heterocycles. The Bertz CT molecular complexity index is 700. The molecule has 0 atom stereocenters. The quantitative estimate of drug-likeness (QED) is 0.798. The van der Waals surface area contributed by atoms with Gasteiger partial charge in [-0.3, -0.25) is 4.72 Å². The molecule has 7 heteroatoms. The van der Waals surface area contributed by atoms with E-state index < -0.39 is 10.0 Å². The number of hydrogen-bond acceptors (Lipinski definition) is 5. The number of thioether (sulfide) groups is 1. The van der Waals surface area contributed by atoms with Gasteiger partial charge in [0.25, 0.3) is 10.0 Å². The normalized spacial score (nSPS) is 11.3. The minimum Gasteiger partial charge on any atom is -0.316 e. The van der Waals surface area contributed by atoms with E-state index in [2.05, 4.69) is 15.0 Å². The summed E-state index contributed by atoms with van der Waals surface area (Å²) in [6.45, 7) is 0.649. The summed E-state index contributed by atoms with van der Waals surface area (Å²) in [6, 6.07) is 10.5. The molecule has 112 valence electrons. The van der Waals surface area contributed by atoms with Gasteiger partial charge in [-0.2, -0.15) is 8.42 Å². The molecule has 0 aliphatic heterocycles. The molecule has 0 aliphatic rings. The smallest absolute Gasteiger partial charge is 0.279 e. The Labute approximate surface area is 129 Å². The van der Waals surface area contributed by atoms with Crippen molar-refractivity contribution in [2.24, 2.45) is 0 Å². The fourth-order valence-electron chi connectivity index (χ4n) is 1.80. The van der Waals surface area contributed by atoms with Crippen LogP contribution < -0.4 is 10.0 Å². The second-order valence-electron chi connectivity index (χ2n) is 4.34.